The second kappa shape index (κ2) is 5.28. The van der Waals surface area contributed by atoms with Crippen LogP contribution in [0.1, 0.15) is 0 Å². The van der Waals surface area contributed by atoms with Crippen LogP contribution in [0, 0.1) is 0 Å². The monoisotopic (exact) mass is 287 g/mol. The van der Waals surface area contributed by atoms with Crippen molar-refractivity contribution < 1.29 is 4.74 Å². The molecule has 0 saturated heterocycles. The number of fused-ring (bicyclic) bond motifs is 1. The maximum absolute atomic E-state index is 5.88. The normalized spacial score (nSPS) is 10.5. The zero-order valence-electron chi connectivity index (χ0n) is 10.2. The van der Waals surface area contributed by atoms with Crippen molar-refractivity contribution >= 4 is 28.5 Å². The van der Waals surface area contributed by atoms with Gasteiger partial charge < -0.3 is 4.74 Å². The lowest BCUT2D eigenvalue weighted by atomic mass is 10.2. The number of benzene rings is 1. The third-order valence-corrected chi connectivity index (χ3v) is 2.80. The molecule has 0 unspecified atom stereocenters. The van der Waals surface area contributed by atoms with E-state index >= 15 is 0 Å². The Hall–Kier alpha value is -2.44. The van der Waals surface area contributed by atoms with Gasteiger partial charge in [0.2, 0.25) is 11.8 Å². The fourth-order valence-electron chi connectivity index (χ4n) is 1.75. The molecule has 0 aliphatic carbocycles. The lowest BCUT2D eigenvalue weighted by molar-refractivity contribution is 0.467. The number of nitrogen functional groups attached to an aromatic ring is 1. The first-order chi connectivity index (χ1) is 9.76. The Kier molecular flexibility index (Phi) is 3.32. The summed E-state index contributed by atoms with van der Waals surface area (Å²) in [6.45, 7) is 0. The molecule has 0 spiro atoms. The molecular weight excluding hydrogens is 278 g/mol. The topological polar surface area (TPSA) is 86.0 Å². The van der Waals surface area contributed by atoms with Gasteiger partial charge in [0.25, 0.3) is 0 Å². The van der Waals surface area contributed by atoms with Crippen LogP contribution >= 0.6 is 11.6 Å². The quantitative estimate of drug-likeness (QED) is 0.569. The number of rotatable bonds is 3. The number of hydrazine groups is 1. The number of nitrogens with one attached hydrogen (secondary N) is 1. The number of para-hydroxylation sites is 1. The van der Waals surface area contributed by atoms with Crippen LogP contribution in [0.15, 0.2) is 42.7 Å². The molecule has 2 heterocycles. The number of halogens is 1. The third-order valence-electron chi connectivity index (χ3n) is 2.59. The smallest absolute Gasteiger partial charge is 0.241 e. The first-order valence-electron chi connectivity index (χ1n) is 5.78. The second-order valence-corrected chi connectivity index (χ2v) is 4.39. The van der Waals surface area contributed by atoms with E-state index < -0.39 is 0 Å². The molecule has 3 N–H and O–H groups in total. The summed E-state index contributed by atoms with van der Waals surface area (Å²) >= 11 is 5.88. The highest BCUT2D eigenvalue weighted by atomic mass is 35.5. The summed E-state index contributed by atoms with van der Waals surface area (Å²) in [7, 11) is 0. The molecule has 0 bridgehead atoms. The van der Waals surface area contributed by atoms with Gasteiger partial charge in [-0.05, 0) is 12.1 Å². The minimum absolute atomic E-state index is 0.272. The maximum Gasteiger partial charge on any atom is 0.241 e. The second-order valence-electron chi connectivity index (χ2n) is 3.95. The summed E-state index contributed by atoms with van der Waals surface area (Å²) in [4.78, 5) is 12.4. The number of aromatic nitrogens is 3. The summed E-state index contributed by atoms with van der Waals surface area (Å²) in [5.41, 5.74) is 3.14. The lowest BCUT2D eigenvalue weighted by Crippen LogP contribution is -2.11. The molecule has 2 aromatic heterocycles. The van der Waals surface area contributed by atoms with Crippen molar-refractivity contribution in [2.75, 3.05) is 5.43 Å². The van der Waals surface area contributed by atoms with Gasteiger partial charge in [0, 0.05) is 12.3 Å². The van der Waals surface area contributed by atoms with Crippen molar-refractivity contribution in [1.82, 2.24) is 15.0 Å². The molecule has 3 aromatic rings. The molecule has 0 atom stereocenters. The molecule has 0 amide bonds. The molecule has 6 nitrogen and oxygen atoms in total. The molecule has 0 radical (unpaired) electrons. The van der Waals surface area contributed by atoms with E-state index in [2.05, 4.69) is 20.4 Å². The van der Waals surface area contributed by atoms with Crippen molar-refractivity contribution in [3.8, 4) is 11.6 Å². The Bertz CT molecular complexity index is 765. The number of nitrogens with two attached hydrogens (primary N) is 1. The van der Waals surface area contributed by atoms with Gasteiger partial charge in [-0.25, -0.2) is 10.8 Å². The van der Waals surface area contributed by atoms with Crippen molar-refractivity contribution in [3.63, 3.8) is 0 Å². The fraction of sp³-hybridized carbons (Fsp3) is 0. The average Bonchev–Trinajstić information content (AvgIpc) is 2.47. The lowest BCUT2D eigenvalue weighted by Gasteiger charge is -2.09. The maximum atomic E-state index is 5.88. The molecule has 0 aliphatic rings. The Morgan fingerprint density at radius 2 is 2.00 bits per heavy atom. The van der Waals surface area contributed by atoms with E-state index in [0.717, 1.165) is 10.9 Å². The summed E-state index contributed by atoms with van der Waals surface area (Å²) < 4.78 is 5.72. The Balaban J connectivity index is 2.10. The highest BCUT2D eigenvalue weighted by Crippen LogP contribution is 2.28. The standard InChI is InChI=1S/C13H10ClN5O/c14-8-5-9(7-16-6-8)20-12-10-3-1-2-4-11(10)17-13(18-12)19-15/h1-7H,15H2,(H,17,18,19). The Morgan fingerprint density at radius 3 is 2.80 bits per heavy atom. The number of ether oxygens (including phenoxy) is 1. The molecule has 20 heavy (non-hydrogen) atoms. The van der Waals surface area contributed by atoms with Crippen LogP contribution in [0.4, 0.5) is 5.95 Å². The predicted octanol–water partition coefficient (Wildman–Crippen LogP) is 2.76. The van der Waals surface area contributed by atoms with E-state index in [-0.39, 0.29) is 5.95 Å². The van der Waals surface area contributed by atoms with Gasteiger partial charge in [0.05, 0.1) is 22.1 Å². The van der Waals surface area contributed by atoms with Crippen LogP contribution in [-0.2, 0) is 0 Å². The fourth-order valence-corrected chi connectivity index (χ4v) is 1.91. The van der Waals surface area contributed by atoms with Gasteiger partial charge in [-0.1, -0.05) is 23.7 Å². The molecule has 100 valence electrons. The highest BCUT2D eigenvalue weighted by Gasteiger charge is 2.09. The zero-order chi connectivity index (χ0) is 13.9. The van der Waals surface area contributed by atoms with Crippen LogP contribution in [-0.4, -0.2) is 15.0 Å². The Labute approximate surface area is 119 Å². The van der Waals surface area contributed by atoms with Crippen molar-refractivity contribution in [1.29, 1.82) is 0 Å². The first kappa shape index (κ1) is 12.6. The first-order valence-corrected chi connectivity index (χ1v) is 6.16. The zero-order valence-corrected chi connectivity index (χ0v) is 11.0. The minimum atomic E-state index is 0.272. The summed E-state index contributed by atoms with van der Waals surface area (Å²) in [5.74, 6) is 6.51. The van der Waals surface area contributed by atoms with Crippen LogP contribution in [0.25, 0.3) is 10.9 Å². The van der Waals surface area contributed by atoms with Crippen LogP contribution in [0.3, 0.4) is 0 Å². The highest BCUT2D eigenvalue weighted by molar-refractivity contribution is 6.30. The van der Waals surface area contributed by atoms with E-state index in [1.54, 1.807) is 12.3 Å². The number of nitrogens with zero attached hydrogens (tertiary/aromatic N) is 3. The molecule has 3 rings (SSSR count). The molecular formula is C13H10ClN5O. The molecule has 0 saturated carbocycles. The number of pyridine rings is 1. The van der Waals surface area contributed by atoms with Gasteiger partial charge in [-0.15, -0.1) is 0 Å². The summed E-state index contributed by atoms with van der Waals surface area (Å²) in [6.07, 6.45) is 3.08. The van der Waals surface area contributed by atoms with E-state index in [9.17, 15) is 0 Å². The van der Waals surface area contributed by atoms with Gasteiger partial charge in [-0.2, -0.15) is 4.98 Å². The minimum Gasteiger partial charge on any atom is -0.437 e. The van der Waals surface area contributed by atoms with Crippen LogP contribution < -0.4 is 16.0 Å². The van der Waals surface area contributed by atoms with Crippen molar-refractivity contribution in [2.24, 2.45) is 5.84 Å². The molecule has 7 heteroatoms. The predicted molar refractivity (Wildman–Crippen MR) is 76.7 cm³/mol. The number of hydrogen-bond acceptors (Lipinski definition) is 6. The third kappa shape index (κ3) is 2.47. The van der Waals surface area contributed by atoms with Gasteiger partial charge in [0.15, 0.2) is 0 Å². The van der Waals surface area contributed by atoms with E-state index in [1.165, 1.54) is 6.20 Å². The van der Waals surface area contributed by atoms with Gasteiger partial charge in [0.1, 0.15) is 5.75 Å². The number of hydrogen-bond donors (Lipinski definition) is 2. The van der Waals surface area contributed by atoms with Gasteiger partial charge >= 0.3 is 0 Å². The van der Waals surface area contributed by atoms with E-state index in [0.29, 0.717) is 16.7 Å². The molecule has 0 aliphatic heterocycles. The van der Waals surface area contributed by atoms with E-state index in [4.69, 9.17) is 22.2 Å². The largest absolute Gasteiger partial charge is 0.437 e. The molecule has 1 aromatic carbocycles. The van der Waals surface area contributed by atoms with E-state index in [1.807, 2.05) is 24.3 Å². The molecule has 0 fully saturated rings. The SMILES string of the molecule is NNc1nc(Oc2cncc(Cl)c2)c2ccccc2n1. The summed E-state index contributed by atoms with van der Waals surface area (Å²) in [5, 5.41) is 1.25. The Morgan fingerprint density at radius 1 is 1.15 bits per heavy atom. The van der Waals surface area contributed by atoms with Gasteiger partial charge in [-0.3, -0.25) is 10.4 Å². The van der Waals surface area contributed by atoms with Crippen LogP contribution in [0.5, 0.6) is 11.6 Å². The average molecular weight is 288 g/mol. The van der Waals surface area contributed by atoms with Crippen LogP contribution in [0.2, 0.25) is 5.02 Å². The number of anilines is 1. The van der Waals surface area contributed by atoms with Crippen molar-refractivity contribution in [2.45, 2.75) is 0 Å². The summed E-state index contributed by atoms with van der Waals surface area (Å²) in [6, 6.07) is 9.12. The van der Waals surface area contributed by atoms with Crippen molar-refractivity contribution in [3.05, 3.63) is 47.7 Å².